The number of carbonyl (C=O) groups excluding carboxylic acids is 2. The van der Waals surface area contributed by atoms with Crippen LogP contribution in [0.15, 0.2) is 65.6 Å². The molecule has 2 aromatic carbocycles. The molecule has 2 heterocycles. The van der Waals surface area contributed by atoms with E-state index in [1.165, 1.54) is 12.1 Å². The molecule has 1 aliphatic heterocycles. The summed E-state index contributed by atoms with van der Waals surface area (Å²) in [5.74, 6) is -0.320. The van der Waals surface area contributed by atoms with Crippen LogP contribution in [-0.4, -0.2) is 62.2 Å². The first-order valence-electron chi connectivity index (χ1n) is 11.5. The molecule has 0 bridgehead atoms. The maximum Gasteiger partial charge on any atom is 0.273 e. The van der Waals surface area contributed by atoms with Gasteiger partial charge in [0.05, 0.1) is 30.3 Å². The zero-order valence-electron chi connectivity index (χ0n) is 19.7. The minimum absolute atomic E-state index is 0.00994. The molecule has 0 saturated carbocycles. The number of benzene rings is 2. The van der Waals surface area contributed by atoms with Crippen molar-refractivity contribution in [3.63, 3.8) is 0 Å². The van der Waals surface area contributed by atoms with Gasteiger partial charge in [0.25, 0.3) is 5.91 Å². The van der Waals surface area contributed by atoms with Gasteiger partial charge < -0.3 is 15.0 Å². The number of hydrogen-bond donors (Lipinski definition) is 1. The average Bonchev–Trinajstić information content (AvgIpc) is 2.89. The van der Waals surface area contributed by atoms with Gasteiger partial charge in [0.1, 0.15) is 11.5 Å². The number of morpholine rings is 1. The Morgan fingerprint density at radius 3 is 2.31 bits per heavy atom. The molecule has 1 aromatic heterocycles. The van der Waals surface area contributed by atoms with Crippen molar-refractivity contribution in [1.29, 1.82) is 0 Å². The molecule has 0 atom stereocenters. The van der Waals surface area contributed by atoms with Crippen molar-refractivity contribution in [3.8, 4) is 11.1 Å². The van der Waals surface area contributed by atoms with Gasteiger partial charge in [0.15, 0.2) is 9.84 Å². The van der Waals surface area contributed by atoms with Crippen LogP contribution in [0.25, 0.3) is 11.1 Å². The summed E-state index contributed by atoms with van der Waals surface area (Å²) in [5, 5.41) is 3.33. The quantitative estimate of drug-likeness (QED) is 0.500. The summed E-state index contributed by atoms with van der Waals surface area (Å²) in [5.41, 5.74) is 2.30. The van der Waals surface area contributed by atoms with Crippen molar-refractivity contribution >= 4 is 39.1 Å². The summed E-state index contributed by atoms with van der Waals surface area (Å²) < 4.78 is 29.3. The van der Waals surface area contributed by atoms with Crippen LogP contribution in [0.5, 0.6) is 0 Å². The number of sulfone groups is 1. The fourth-order valence-corrected chi connectivity index (χ4v) is 4.83. The van der Waals surface area contributed by atoms with E-state index in [1.807, 2.05) is 12.1 Å². The predicted molar refractivity (Wildman–Crippen MR) is 138 cm³/mol. The van der Waals surface area contributed by atoms with Crippen molar-refractivity contribution in [2.75, 3.05) is 37.4 Å². The van der Waals surface area contributed by atoms with Crippen LogP contribution in [0.1, 0.15) is 23.0 Å². The second kappa shape index (κ2) is 11.2. The smallest absolute Gasteiger partial charge is 0.273 e. The standard InChI is InChI=1S/C26H26ClN3O5S/c1-2-36(33,34)21-9-3-18(4-10-21)17-24(31)28-23-12-11-22(19-5-7-20(27)8-6-19)25(29-23)26(32)30-13-15-35-16-14-30/h3-12H,2,13-17H2,1H3,(H,28,29,31). The Hall–Kier alpha value is -3.27. The predicted octanol–water partition coefficient (Wildman–Crippen LogP) is 3.85. The van der Waals surface area contributed by atoms with Gasteiger partial charge in [0.2, 0.25) is 5.91 Å². The first kappa shape index (κ1) is 25.8. The monoisotopic (exact) mass is 527 g/mol. The molecule has 1 saturated heterocycles. The zero-order valence-corrected chi connectivity index (χ0v) is 21.3. The van der Waals surface area contributed by atoms with Gasteiger partial charge in [0, 0.05) is 23.7 Å². The largest absolute Gasteiger partial charge is 0.378 e. The molecule has 2 amide bonds. The molecular weight excluding hydrogens is 502 g/mol. The Morgan fingerprint density at radius 2 is 1.67 bits per heavy atom. The molecule has 1 N–H and O–H groups in total. The lowest BCUT2D eigenvalue weighted by atomic mass is 10.0. The van der Waals surface area contributed by atoms with Crippen LogP contribution in [0.4, 0.5) is 5.82 Å². The van der Waals surface area contributed by atoms with Crippen molar-refractivity contribution in [3.05, 3.63) is 76.9 Å². The Kier molecular flexibility index (Phi) is 8.03. The highest BCUT2D eigenvalue weighted by molar-refractivity contribution is 7.91. The third-order valence-electron chi connectivity index (χ3n) is 5.85. The number of ether oxygens (including phenoxy) is 1. The number of hydrogen-bond acceptors (Lipinski definition) is 6. The summed E-state index contributed by atoms with van der Waals surface area (Å²) in [6.45, 7) is 3.41. The van der Waals surface area contributed by atoms with Crippen molar-refractivity contribution in [1.82, 2.24) is 9.88 Å². The fraction of sp³-hybridized carbons (Fsp3) is 0.269. The Bertz CT molecular complexity index is 1350. The van der Waals surface area contributed by atoms with Crippen LogP contribution >= 0.6 is 11.6 Å². The number of anilines is 1. The third-order valence-corrected chi connectivity index (χ3v) is 7.85. The molecule has 0 radical (unpaired) electrons. The molecule has 36 heavy (non-hydrogen) atoms. The highest BCUT2D eigenvalue weighted by Crippen LogP contribution is 2.27. The van der Waals surface area contributed by atoms with Gasteiger partial charge >= 0.3 is 0 Å². The highest BCUT2D eigenvalue weighted by Gasteiger charge is 2.24. The fourth-order valence-electron chi connectivity index (χ4n) is 3.82. The molecule has 0 aliphatic carbocycles. The number of carbonyl (C=O) groups is 2. The van der Waals surface area contributed by atoms with E-state index < -0.39 is 9.84 Å². The van der Waals surface area contributed by atoms with Crippen molar-refractivity contribution < 1.29 is 22.7 Å². The highest BCUT2D eigenvalue weighted by atomic mass is 35.5. The maximum atomic E-state index is 13.3. The molecule has 1 aliphatic rings. The number of nitrogens with zero attached hydrogens (tertiary/aromatic N) is 2. The number of halogens is 1. The second-order valence-corrected chi connectivity index (χ2v) is 11.0. The van der Waals surface area contributed by atoms with Gasteiger partial charge in [-0.15, -0.1) is 0 Å². The first-order chi connectivity index (χ1) is 17.3. The third kappa shape index (κ3) is 6.10. The van der Waals surface area contributed by atoms with Crippen molar-refractivity contribution in [2.45, 2.75) is 18.2 Å². The number of rotatable bonds is 7. The topological polar surface area (TPSA) is 106 Å². The molecule has 188 valence electrons. The van der Waals surface area contributed by atoms with Gasteiger partial charge in [-0.25, -0.2) is 13.4 Å². The Labute approximate surface area is 215 Å². The van der Waals surface area contributed by atoms with Crippen LogP contribution in [-0.2, 0) is 25.8 Å². The molecule has 0 spiro atoms. The summed E-state index contributed by atoms with van der Waals surface area (Å²) in [7, 11) is -3.31. The summed E-state index contributed by atoms with van der Waals surface area (Å²) >= 11 is 6.03. The van der Waals surface area contributed by atoms with E-state index in [0.717, 1.165) is 5.56 Å². The van der Waals surface area contributed by atoms with E-state index in [4.69, 9.17) is 16.3 Å². The second-order valence-electron chi connectivity index (χ2n) is 8.28. The molecule has 3 aromatic rings. The van der Waals surface area contributed by atoms with Crippen LogP contribution in [0.2, 0.25) is 5.02 Å². The Balaban J connectivity index is 1.56. The lowest BCUT2D eigenvalue weighted by Gasteiger charge is -2.27. The van der Waals surface area contributed by atoms with Crippen LogP contribution in [0, 0.1) is 0 Å². The molecule has 1 fully saturated rings. The summed E-state index contributed by atoms with van der Waals surface area (Å²) in [6.07, 6.45) is 0.0276. The lowest BCUT2D eigenvalue weighted by Crippen LogP contribution is -2.41. The van der Waals surface area contributed by atoms with Crippen LogP contribution in [0.3, 0.4) is 0 Å². The number of amides is 2. The van der Waals surface area contributed by atoms with E-state index in [9.17, 15) is 18.0 Å². The summed E-state index contributed by atoms with van der Waals surface area (Å²) in [4.78, 5) is 32.5. The van der Waals surface area contributed by atoms with E-state index in [-0.39, 0.29) is 40.4 Å². The molecule has 10 heteroatoms. The maximum absolute atomic E-state index is 13.3. The van der Waals surface area contributed by atoms with Crippen molar-refractivity contribution in [2.24, 2.45) is 0 Å². The molecular formula is C26H26ClN3O5S. The van der Waals surface area contributed by atoms with E-state index in [1.54, 1.807) is 48.2 Å². The minimum atomic E-state index is -3.31. The van der Waals surface area contributed by atoms with Gasteiger partial charge in [-0.2, -0.15) is 0 Å². The lowest BCUT2D eigenvalue weighted by molar-refractivity contribution is -0.115. The van der Waals surface area contributed by atoms with E-state index >= 15 is 0 Å². The van der Waals surface area contributed by atoms with Gasteiger partial charge in [-0.3, -0.25) is 9.59 Å². The molecule has 0 unspecified atom stereocenters. The number of nitrogens with one attached hydrogen (secondary N) is 1. The van der Waals surface area contributed by atoms with E-state index in [2.05, 4.69) is 10.3 Å². The minimum Gasteiger partial charge on any atom is -0.378 e. The molecule has 4 rings (SSSR count). The number of aromatic nitrogens is 1. The molecule has 8 nitrogen and oxygen atoms in total. The Morgan fingerprint density at radius 1 is 1.00 bits per heavy atom. The van der Waals surface area contributed by atoms with Gasteiger partial charge in [-0.05, 0) is 47.5 Å². The van der Waals surface area contributed by atoms with E-state index in [0.29, 0.717) is 42.5 Å². The SMILES string of the molecule is CCS(=O)(=O)c1ccc(CC(=O)Nc2ccc(-c3ccc(Cl)cc3)c(C(=O)N3CCOCC3)n2)cc1. The van der Waals surface area contributed by atoms with Gasteiger partial charge in [-0.1, -0.05) is 42.8 Å². The number of pyridine rings is 1. The summed E-state index contributed by atoms with van der Waals surface area (Å²) in [6, 6.07) is 16.8. The zero-order chi connectivity index (χ0) is 25.7. The average molecular weight is 528 g/mol. The first-order valence-corrected chi connectivity index (χ1v) is 13.6. The van der Waals surface area contributed by atoms with Crippen LogP contribution < -0.4 is 5.32 Å². The normalized spacial score (nSPS) is 13.9.